The van der Waals surface area contributed by atoms with Gasteiger partial charge in [-0.3, -0.25) is 13.9 Å². The van der Waals surface area contributed by atoms with Gasteiger partial charge in [-0.05, 0) is 69.4 Å². The average molecular weight is 542 g/mol. The van der Waals surface area contributed by atoms with Crippen LogP contribution >= 0.6 is 0 Å². The van der Waals surface area contributed by atoms with Crippen LogP contribution in [-0.4, -0.2) is 38.6 Å². The number of hydrogen-bond donors (Lipinski definition) is 1. The van der Waals surface area contributed by atoms with E-state index in [4.69, 9.17) is 14.5 Å². The Balaban J connectivity index is 1.64. The third-order valence-corrected chi connectivity index (χ3v) is 7.31. The van der Waals surface area contributed by atoms with Crippen molar-refractivity contribution in [3.8, 4) is 22.8 Å². The predicted octanol–water partition coefficient (Wildman–Crippen LogP) is 4.82. The van der Waals surface area contributed by atoms with Crippen molar-refractivity contribution in [2.75, 3.05) is 13.7 Å². The van der Waals surface area contributed by atoms with Crippen molar-refractivity contribution < 1.29 is 14.3 Å². The van der Waals surface area contributed by atoms with Crippen LogP contribution < -0.4 is 20.7 Å². The molecular formula is C31H35N5O4. The minimum absolute atomic E-state index is 0.0361. The van der Waals surface area contributed by atoms with Crippen molar-refractivity contribution >= 4 is 11.5 Å². The van der Waals surface area contributed by atoms with Gasteiger partial charge in [0.1, 0.15) is 11.2 Å². The monoisotopic (exact) mass is 541 g/mol. The third kappa shape index (κ3) is 5.23. The van der Waals surface area contributed by atoms with Gasteiger partial charge in [-0.15, -0.1) is 0 Å². The van der Waals surface area contributed by atoms with Crippen molar-refractivity contribution in [3.05, 3.63) is 86.8 Å². The molecule has 0 fully saturated rings. The predicted molar refractivity (Wildman–Crippen MR) is 154 cm³/mol. The summed E-state index contributed by atoms with van der Waals surface area (Å²) in [5, 5.41) is 0. The summed E-state index contributed by atoms with van der Waals surface area (Å²) < 4.78 is 14.9. The molecule has 0 aliphatic carbocycles. The Morgan fingerprint density at radius 2 is 1.88 bits per heavy atom. The number of aromatic amines is 1. The fourth-order valence-electron chi connectivity index (χ4n) is 5.48. The standard InChI is InChI=1S/C31H35N5O4/c1-6-40-28-14-22-9-11-35-25(23(22)15-27(28)39-5)16-29(34-30-20(3)12-19(2)13-21(30)4)36(31(35)38)10-7-8-26(37)24-17-32-18-33-24/h12-18H,6-11H2,1-5H3,(H,32,33). The molecule has 0 saturated carbocycles. The van der Waals surface area contributed by atoms with E-state index in [2.05, 4.69) is 29.0 Å². The van der Waals surface area contributed by atoms with E-state index in [1.807, 2.05) is 39.0 Å². The largest absolute Gasteiger partial charge is 0.493 e. The quantitative estimate of drug-likeness (QED) is 0.306. The molecular weight excluding hydrogens is 506 g/mol. The van der Waals surface area contributed by atoms with Gasteiger partial charge in [0.2, 0.25) is 0 Å². The summed E-state index contributed by atoms with van der Waals surface area (Å²) in [5.74, 6) is 1.29. The third-order valence-electron chi connectivity index (χ3n) is 7.31. The fourth-order valence-corrected chi connectivity index (χ4v) is 5.48. The summed E-state index contributed by atoms with van der Waals surface area (Å²) in [7, 11) is 1.62. The van der Waals surface area contributed by atoms with E-state index in [9.17, 15) is 9.59 Å². The number of imidazole rings is 1. The lowest BCUT2D eigenvalue weighted by molar-refractivity contribution is 0.0974. The van der Waals surface area contributed by atoms with Gasteiger partial charge in [-0.2, -0.15) is 0 Å². The first-order chi connectivity index (χ1) is 19.3. The van der Waals surface area contributed by atoms with Crippen LogP contribution in [0.3, 0.4) is 0 Å². The maximum Gasteiger partial charge on any atom is 0.330 e. The molecule has 0 spiro atoms. The molecule has 0 amide bonds. The Bertz CT molecular complexity index is 1670. The molecule has 40 heavy (non-hydrogen) atoms. The molecule has 0 atom stereocenters. The summed E-state index contributed by atoms with van der Waals surface area (Å²) >= 11 is 0. The van der Waals surface area contributed by atoms with E-state index in [1.165, 1.54) is 12.5 Å². The van der Waals surface area contributed by atoms with Crippen molar-refractivity contribution in [1.82, 2.24) is 19.1 Å². The van der Waals surface area contributed by atoms with Gasteiger partial charge < -0.3 is 14.5 Å². The van der Waals surface area contributed by atoms with Crippen molar-refractivity contribution in [2.24, 2.45) is 4.99 Å². The molecule has 4 aromatic rings. The van der Waals surface area contributed by atoms with Crippen LogP contribution in [-0.2, 0) is 19.5 Å². The van der Waals surface area contributed by atoms with Gasteiger partial charge in [0.15, 0.2) is 17.3 Å². The van der Waals surface area contributed by atoms with E-state index >= 15 is 0 Å². The SMILES string of the molecule is CCOc1cc2c(cc1OC)-c1cc(=Nc3c(C)cc(C)cc3C)n(CCCC(=O)c3cnc[nH]3)c(=O)n1CC2. The van der Waals surface area contributed by atoms with Crippen molar-refractivity contribution in [2.45, 2.75) is 60.0 Å². The van der Waals surface area contributed by atoms with Crippen molar-refractivity contribution in [3.63, 3.8) is 0 Å². The average Bonchev–Trinajstić information content (AvgIpc) is 3.47. The number of aryl methyl sites for hydroxylation is 4. The molecule has 208 valence electrons. The van der Waals surface area contributed by atoms with Crippen LogP contribution in [0.4, 0.5) is 5.69 Å². The van der Waals surface area contributed by atoms with Gasteiger partial charge >= 0.3 is 5.69 Å². The van der Waals surface area contributed by atoms with Crippen molar-refractivity contribution in [1.29, 1.82) is 0 Å². The van der Waals surface area contributed by atoms with E-state index in [-0.39, 0.29) is 11.5 Å². The summed E-state index contributed by atoms with van der Waals surface area (Å²) in [6, 6.07) is 10.1. The molecule has 1 aliphatic rings. The van der Waals surface area contributed by atoms with E-state index in [0.717, 1.165) is 39.2 Å². The van der Waals surface area contributed by atoms with E-state index in [0.29, 0.717) is 61.6 Å². The summed E-state index contributed by atoms with van der Waals surface area (Å²) in [4.78, 5) is 38.4. The lowest BCUT2D eigenvalue weighted by Crippen LogP contribution is -2.42. The number of carbonyl (C=O) groups is 1. The molecule has 0 radical (unpaired) electrons. The van der Waals surface area contributed by atoms with Gasteiger partial charge in [-0.25, -0.2) is 14.8 Å². The zero-order valence-electron chi connectivity index (χ0n) is 23.7. The number of H-pyrrole nitrogens is 1. The highest BCUT2D eigenvalue weighted by Crippen LogP contribution is 2.37. The fraction of sp³-hybridized carbons (Fsp3) is 0.355. The number of ether oxygens (including phenoxy) is 2. The zero-order valence-corrected chi connectivity index (χ0v) is 23.7. The number of Topliss-reactive ketones (excluding diaryl/α,β-unsaturated/α-hetero) is 1. The van der Waals surface area contributed by atoms with E-state index in [1.54, 1.807) is 16.2 Å². The molecule has 2 aromatic heterocycles. The number of carbonyl (C=O) groups excluding carboxylic acids is 1. The second kappa shape index (κ2) is 11.4. The summed E-state index contributed by atoms with van der Waals surface area (Å²) in [6.07, 6.45) is 4.49. The summed E-state index contributed by atoms with van der Waals surface area (Å²) in [6.45, 7) is 9.51. The number of benzene rings is 2. The Morgan fingerprint density at radius 3 is 2.55 bits per heavy atom. The van der Waals surface area contributed by atoms with Gasteiger partial charge in [0, 0.05) is 31.1 Å². The topological polar surface area (TPSA) is 104 Å². The smallest absolute Gasteiger partial charge is 0.330 e. The molecule has 3 heterocycles. The molecule has 9 heteroatoms. The highest BCUT2D eigenvalue weighted by atomic mass is 16.5. The minimum atomic E-state index is -0.147. The maximum atomic E-state index is 14.0. The molecule has 9 nitrogen and oxygen atoms in total. The molecule has 1 aliphatic heterocycles. The van der Waals surface area contributed by atoms with Crippen LogP contribution in [0.25, 0.3) is 11.3 Å². The number of ketones is 1. The lowest BCUT2D eigenvalue weighted by Gasteiger charge is -2.25. The second-order valence-electron chi connectivity index (χ2n) is 10.2. The first-order valence-corrected chi connectivity index (χ1v) is 13.6. The normalized spacial score (nSPS) is 12.7. The van der Waals surface area contributed by atoms with Crippen LogP contribution in [0.15, 0.2) is 52.6 Å². The number of hydrogen-bond acceptors (Lipinski definition) is 6. The minimum Gasteiger partial charge on any atom is -0.493 e. The number of rotatable bonds is 9. The van der Waals surface area contributed by atoms with Crippen LogP contribution in [0.5, 0.6) is 11.5 Å². The Morgan fingerprint density at radius 1 is 1.10 bits per heavy atom. The first-order valence-electron chi connectivity index (χ1n) is 13.6. The molecule has 1 N–H and O–H groups in total. The highest BCUT2D eigenvalue weighted by molar-refractivity contribution is 5.93. The molecule has 0 unspecified atom stereocenters. The molecule has 0 bridgehead atoms. The van der Waals surface area contributed by atoms with Crippen LogP contribution in [0, 0.1) is 20.8 Å². The number of nitrogens with one attached hydrogen (secondary N) is 1. The van der Waals surface area contributed by atoms with Gasteiger partial charge in [-0.1, -0.05) is 17.7 Å². The van der Waals surface area contributed by atoms with Gasteiger partial charge in [0.05, 0.1) is 37.6 Å². The molecule has 5 rings (SSSR count). The second-order valence-corrected chi connectivity index (χ2v) is 10.2. The summed E-state index contributed by atoms with van der Waals surface area (Å²) in [5.41, 5.74) is 7.79. The highest BCUT2D eigenvalue weighted by Gasteiger charge is 2.23. The van der Waals surface area contributed by atoms with E-state index < -0.39 is 0 Å². The van der Waals surface area contributed by atoms with Crippen LogP contribution in [0.2, 0.25) is 0 Å². The first kappa shape index (κ1) is 27.2. The molecule has 0 saturated heterocycles. The number of fused-ring (bicyclic) bond motifs is 3. The zero-order chi connectivity index (χ0) is 28.4. The Kier molecular flexibility index (Phi) is 7.73. The number of methoxy groups -OCH3 is 1. The Labute approximate surface area is 233 Å². The Hall–Kier alpha value is -4.40. The van der Waals surface area contributed by atoms with Gasteiger partial charge in [0.25, 0.3) is 0 Å². The molecule has 2 aromatic carbocycles. The maximum absolute atomic E-state index is 14.0. The number of aromatic nitrogens is 4. The lowest BCUT2D eigenvalue weighted by atomic mass is 9.97. The van der Waals surface area contributed by atoms with Crippen LogP contribution in [0.1, 0.15) is 52.5 Å². The number of nitrogens with zero attached hydrogens (tertiary/aromatic N) is 4.